The standard InChI is InChI=1S/C18H26N4O.HI/c1-2-19-18(22-15-9-10-15)20-12-13-5-3-8-16(11-13)21-17(23)14-6-4-7-14;/h3,5,8,11,14-15H,2,4,6-7,9-10,12H2,1H3,(H,21,23)(H2,19,20,22);1H. The lowest BCUT2D eigenvalue weighted by Crippen LogP contribution is -2.38. The van der Waals surface area contributed by atoms with E-state index in [-0.39, 0.29) is 35.8 Å². The molecule has 2 fully saturated rings. The van der Waals surface area contributed by atoms with Crippen LogP contribution in [0.4, 0.5) is 5.69 Å². The van der Waals surface area contributed by atoms with Crippen LogP contribution in [0.15, 0.2) is 29.3 Å². The van der Waals surface area contributed by atoms with Crippen LogP contribution in [0.2, 0.25) is 0 Å². The molecule has 5 nitrogen and oxygen atoms in total. The van der Waals surface area contributed by atoms with E-state index in [0.717, 1.165) is 36.6 Å². The average molecular weight is 442 g/mol. The Balaban J connectivity index is 0.00000208. The van der Waals surface area contributed by atoms with Gasteiger partial charge in [-0.2, -0.15) is 0 Å². The summed E-state index contributed by atoms with van der Waals surface area (Å²) in [5, 5.41) is 9.70. The summed E-state index contributed by atoms with van der Waals surface area (Å²) in [6, 6.07) is 8.56. The van der Waals surface area contributed by atoms with E-state index in [4.69, 9.17) is 0 Å². The summed E-state index contributed by atoms with van der Waals surface area (Å²) in [6.45, 7) is 3.53. The first-order chi connectivity index (χ1) is 11.2. The van der Waals surface area contributed by atoms with E-state index in [1.54, 1.807) is 0 Å². The van der Waals surface area contributed by atoms with E-state index in [1.165, 1.54) is 19.3 Å². The van der Waals surface area contributed by atoms with E-state index in [0.29, 0.717) is 12.6 Å². The van der Waals surface area contributed by atoms with Crippen molar-refractivity contribution in [2.24, 2.45) is 10.9 Å². The maximum absolute atomic E-state index is 12.0. The number of carbonyl (C=O) groups is 1. The molecular formula is C18H27IN4O. The normalized spacial score (nSPS) is 17.5. The number of aliphatic imine (C=N–C) groups is 1. The van der Waals surface area contributed by atoms with E-state index in [1.807, 2.05) is 24.3 Å². The highest BCUT2D eigenvalue weighted by Crippen LogP contribution is 2.27. The molecule has 6 heteroatoms. The Morgan fingerprint density at radius 3 is 2.67 bits per heavy atom. The van der Waals surface area contributed by atoms with Crippen molar-refractivity contribution in [2.45, 2.75) is 51.6 Å². The van der Waals surface area contributed by atoms with Crippen LogP contribution in [0.25, 0.3) is 0 Å². The summed E-state index contributed by atoms with van der Waals surface area (Å²) >= 11 is 0. The van der Waals surface area contributed by atoms with E-state index in [9.17, 15) is 4.79 Å². The quantitative estimate of drug-likeness (QED) is 0.360. The minimum Gasteiger partial charge on any atom is -0.357 e. The van der Waals surface area contributed by atoms with Gasteiger partial charge >= 0.3 is 0 Å². The second-order valence-corrected chi connectivity index (χ2v) is 6.43. The van der Waals surface area contributed by atoms with Gasteiger partial charge in [-0.3, -0.25) is 4.79 Å². The van der Waals surface area contributed by atoms with Crippen LogP contribution in [0.3, 0.4) is 0 Å². The van der Waals surface area contributed by atoms with Gasteiger partial charge in [0.15, 0.2) is 5.96 Å². The third-order valence-electron chi connectivity index (χ3n) is 4.35. The lowest BCUT2D eigenvalue weighted by atomic mass is 9.85. The molecule has 0 aliphatic heterocycles. The van der Waals surface area contributed by atoms with Gasteiger partial charge in [-0.1, -0.05) is 18.6 Å². The number of halogens is 1. The third-order valence-corrected chi connectivity index (χ3v) is 4.35. The van der Waals surface area contributed by atoms with Crippen LogP contribution < -0.4 is 16.0 Å². The number of guanidine groups is 1. The maximum atomic E-state index is 12.0. The van der Waals surface area contributed by atoms with Crippen molar-refractivity contribution in [3.8, 4) is 0 Å². The predicted molar refractivity (Wildman–Crippen MR) is 109 cm³/mol. The minimum atomic E-state index is 0. The molecule has 0 atom stereocenters. The number of nitrogens with one attached hydrogen (secondary N) is 3. The summed E-state index contributed by atoms with van der Waals surface area (Å²) in [6.07, 6.45) is 5.68. The van der Waals surface area contributed by atoms with Crippen LogP contribution in [0.1, 0.15) is 44.6 Å². The van der Waals surface area contributed by atoms with Gasteiger partial charge in [-0.25, -0.2) is 4.99 Å². The molecule has 3 rings (SSSR count). The van der Waals surface area contributed by atoms with Crippen molar-refractivity contribution >= 4 is 41.5 Å². The van der Waals surface area contributed by atoms with Gasteiger partial charge in [0.25, 0.3) is 0 Å². The fourth-order valence-corrected chi connectivity index (χ4v) is 2.57. The molecule has 0 aromatic heterocycles. The Morgan fingerprint density at radius 1 is 1.25 bits per heavy atom. The molecule has 0 radical (unpaired) electrons. The van der Waals surface area contributed by atoms with Crippen LogP contribution in [-0.4, -0.2) is 24.5 Å². The highest BCUT2D eigenvalue weighted by Gasteiger charge is 2.25. The number of hydrogen-bond donors (Lipinski definition) is 3. The molecule has 1 aromatic carbocycles. The topological polar surface area (TPSA) is 65.5 Å². The lowest BCUT2D eigenvalue weighted by molar-refractivity contribution is -0.122. The van der Waals surface area contributed by atoms with Crippen molar-refractivity contribution in [3.63, 3.8) is 0 Å². The summed E-state index contributed by atoms with van der Waals surface area (Å²) in [5.74, 6) is 1.24. The molecule has 0 heterocycles. The number of anilines is 1. The van der Waals surface area contributed by atoms with Gasteiger partial charge < -0.3 is 16.0 Å². The molecule has 1 aromatic rings. The number of carbonyl (C=O) groups excluding carboxylic acids is 1. The van der Waals surface area contributed by atoms with Crippen molar-refractivity contribution in [2.75, 3.05) is 11.9 Å². The fraction of sp³-hybridized carbons (Fsp3) is 0.556. The number of nitrogens with zero attached hydrogens (tertiary/aromatic N) is 1. The van der Waals surface area contributed by atoms with Gasteiger partial charge in [-0.05, 0) is 50.3 Å². The second-order valence-electron chi connectivity index (χ2n) is 6.43. The molecule has 0 spiro atoms. The van der Waals surface area contributed by atoms with Crippen molar-refractivity contribution in [3.05, 3.63) is 29.8 Å². The number of amides is 1. The smallest absolute Gasteiger partial charge is 0.227 e. The highest BCUT2D eigenvalue weighted by molar-refractivity contribution is 14.0. The van der Waals surface area contributed by atoms with Crippen LogP contribution in [0.5, 0.6) is 0 Å². The van der Waals surface area contributed by atoms with E-state index < -0.39 is 0 Å². The molecule has 0 saturated heterocycles. The molecule has 3 N–H and O–H groups in total. The second kappa shape index (κ2) is 9.25. The first-order valence-corrected chi connectivity index (χ1v) is 8.69. The zero-order chi connectivity index (χ0) is 16.1. The van der Waals surface area contributed by atoms with E-state index >= 15 is 0 Å². The molecule has 24 heavy (non-hydrogen) atoms. The predicted octanol–water partition coefficient (Wildman–Crippen LogP) is 3.26. The molecule has 2 aliphatic carbocycles. The lowest BCUT2D eigenvalue weighted by Gasteiger charge is -2.24. The summed E-state index contributed by atoms with van der Waals surface area (Å²) in [7, 11) is 0. The third kappa shape index (κ3) is 5.65. The first kappa shape index (κ1) is 19.0. The molecular weight excluding hydrogens is 415 g/mol. The number of rotatable bonds is 6. The molecule has 2 saturated carbocycles. The fourth-order valence-electron chi connectivity index (χ4n) is 2.57. The monoisotopic (exact) mass is 442 g/mol. The van der Waals surface area contributed by atoms with Gasteiger partial charge in [-0.15, -0.1) is 24.0 Å². The minimum absolute atomic E-state index is 0. The van der Waals surface area contributed by atoms with Gasteiger partial charge in [0.05, 0.1) is 6.54 Å². The summed E-state index contributed by atoms with van der Waals surface area (Å²) < 4.78 is 0. The van der Waals surface area contributed by atoms with Crippen LogP contribution >= 0.6 is 24.0 Å². The summed E-state index contributed by atoms with van der Waals surface area (Å²) in [4.78, 5) is 16.7. The zero-order valence-corrected chi connectivity index (χ0v) is 16.5. The maximum Gasteiger partial charge on any atom is 0.227 e. The Bertz CT molecular complexity index is 582. The van der Waals surface area contributed by atoms with Gasteiger partial charge in [0.1, 0.15) is 0 Å². The van der Waals surface area contributed by atoms with E-state index in [2.05, 4.69) is 27.9 Å². The number of benzene rings is 1. The molecule has 2 aliphatic rings. The largest absolute Gasteiger partial charge is 0.357 e. The molecule has 0 bridgehead atoms. The Labute approximate surface area is 161 Å². The SMILES string of the molecule is CCNC(=NCc1cccc(NC(=O)C2CCC2)c1)NC1CC1.I. The number of hydrogen-bond acceptors (Lipinski definition) is 2. The average Bonchev–Trinajstić information content (AvgIpc) is 3.27. The van der Waals surface area contributed by atoms with Crippen molar-refractivity contribution in [1.82, 2.24) is 10.6 Å². The van der Waals surface area contributed by atoms with Crippen molar-refractivity contribution < 1.29 is 4.79 Å². The molecule has 132 valence electrons. The van der Waals surface area contributed by atoms with Gasteiger partial charge in [0.2, 0.25) is 5.91 Å². The molecule has 0 unspecified atom stereocenters. The van der Waals surface area contributed by atoms with Crippen LogP contribution in [-0.2, 0) is 11.3 Å². The first-order valence-electron chi connectivity index (χ1n) is 8.69. The Kier molecular flexibility index (Phi) is 7.33. The highest BCUT2D eigenvalue weighted by atomic mass is 127. The Hall–Kier alpha value is -1.31. The van der Waals surface area contributed by atoms with Gasteiger partial charge in [0, 0.05) is 24.2 Å². The van der Waals surface area contributed by atoms with Crippen LogP contribution in [0, 0.1) is 5.92 Å². The van der Waals surface area contributed by atoms with Crippen molar-refractivity contribution in [1.29, 1.82) is 0 Å². The Morgan fingerprint density at radius 2 is 2.04 bits per heavy atom. The molecule has 1 amide bonds. The zero-order valence-electron chi connectivity index (χ0n) is 14.2. The summed E-state index contributed by atoms with van der Waals surface area (Å²) in [5.41, 5.74) is 1.97.